The zero-order valence-electron chi connectivity index (χ0n) is 11.3. The molecular weight excluding hydrogens is 218 g/mol. The van der Waals surface area contributed by atoms with Crippen LogP contribution in [0.2, 0.25) is 0 Å². The van der Waals surface area contributed by atoms with Gasteiger partial charge in [-0.3, -0.25) is 10.1 Å². The maximum Gasteiger partial charge on any atom is 0.242 e. The van der Waals surface area contributed by atoms with Crippen molar-refractivity contribution in [2.24, 2.45) is 0 Å². The highest BCUT2D eigenvalue weighted by molar-refractivity contribution is 4.72. The van der Waals surface area contributed by atoms with Gasteiger partial charge in [-0.1, -0.05) is 51.9 Å². The van der Waals surface area contributed by atoms with Crippen LogP contribution in [-0.4, -0.2) is 22.2 Å². The van der Waals surface area contributed by atoms with Gasteiger partial charge in [-0.25, -0.2) is 0 Å². The normalized spacial score (nSPS) is 14.5. The lowest BCUT2D eigenvalue weighted by Crippen LogP contribution is -2.38. The van der Waals surface area contributed by atoms with Gasteiger partial charge in [0.25, 0.3) is 0 Å². The first-order valence-corrected chi connectivity index (χ1v) is 6.82. The molecule has 0 spiro atoms. The van der Waals surface area contributed by atoms with Crippen LogP contribution in [-0.2, 0) is 0 Å². The summed E-state index contributed by atoms with van der Waals surface area (Å²) >= 11 is 0. The van der Waals surface area contributed by atoms with Crippen molar-refractivity contribution >= 4 is 0 Å². The van der Waals surface area contributed by atoms with Gasteiger partial charge in [0.1, 0.15) is 6.61 Å². The molecule has 17 heavy (non-hydrogen) atoms. The Morgan fingerprint density at radius 1 is 1.06 bits per heavy atom. The molecule has 0 aliphatic carbocycles. The number of aliphatic hydroxyl groups is 1. The molecule has 1 atom stereocenters. The van der Waals surface area contributed by atoms with E-state index in [1.165, 1.54) is 39.0 Å². The molecule has 1 unspecified atom stereocenters. The van der Waals surface area contributed by atoms with Gasteiger partial charge in [-0.15, -0.1) is 0 Å². The molecule has 4 heteroatoms. The lowest BCUT2D eigenvalue weighted by molar-refractivity contribution is -0.570. The smallest absolute Gasteiger partial charge is 0.242 e. The summed E-state index contributed by atoms with van der Waals surface area (Å²) in [5, 5.41) is 19.7. The molecule has 4 nitrogen and oxygen atoms in total. The summed E-state index contributed by atoms with van der Waals surface area (Å²) in [4.78, 5) is 10.4. The molecule has 0 aliphatic rings. The molecule has 0 heterocycles. The van der Waals surface area contributed by atoms with Gasteiger partial charge in [-0.05, 0) is 6.42 Å². The predicted octanol–water partition coefficient (Wildman–Crippen LogP) is 3.54. The summed E-state index contributed by atoms with van der Waals surface area (Å²) in [6.07, 6.45) is 9.89. The van der Waals surface area contributed by atoms with E-state index in [-0.39, 0.29) is 11.5 Å². The Morgan fingerprint density at radius 3 is 1.94 bits per heavy atom. The summed E-state index contributed by atoms with van der Waals surface area (Å²) in [5.74, 6) is 0. The van der Waals surface area contributed by atoms with Gasteiger partial charge in [-0.2, -0.15) is 0 Å². The second-order valence-corrected chi connectivity index (χ2v) is 5.14. The minimum atomic E-state index is -1.14. The van der Waals surface area contributed by atoms with Crippen LogP contribution in [0.15, 0.2) is 0 Å². The minimum absolute atomic E-state index is 0.353. The Balaban J connectivity index is 3.47. The molecule has 0 bridgehead atoms. The molecular formula is C13H27NO3. The standard InChI is InChI=1S/C13H27NO3/c1-3-4-5-6-7-8-9-10-11-13(2,12-15)14(16)17/h15H,3-12H2,1-2H3. The van der Waals surface area contributed by atoms with E-state index >= 15 is 0 Å². The number of rotatable bonds is 11. The highest BCUT2D eigenvalue weighted by Crippen LogP contribution is 2.18. The van der Waals surface area contributed by atoms with Gasteiger partial charge < -0.3 is 5.11 Å². The van der Waals surface area contributed by atoms with Crippen LogP contribution in [0.5, 0.6) is 0 Å². The quantitative estimate of drug-likeness (QED) is 0.344. The monoisotopic (exact) mass is 245 g/mol. The van der Waals surface area contributed by atoms with E-state index < -0.39 is 5.54 Å². The van der Waals surface area contributed by atoms with Crippen molar-refractivity contribution in [3.05, 3.63) is 10.1 Å². The molecule has 102 valence electrons. The summed E-state index contributed by atoms with van der Waals surface area (Å²) in [7, 11) is 0. The average Bonchev–Trinajstić information content (AvgIpc) is 2.32. The number of hydrogen-bond acceptors (Lipinski definition) is 3. The summed E-state index contributed by atoms with van der Waals surface area (Å²) in [5.41, 5.74) is -1.14. The Morgan fingerprint density at radius 2 is 1.53 bits per heavy atom. The highest BCUT2D eigenvalue weighted by atomic mass is 16.6. The molecule has 0 aromatic rings. The van der Waals surface area contributed by atoms with E-state index in [9.17, 15) is 10.1 Å². The molecule has 0 radical (unpaired) electrons. The minimum Gasteiger partial charge on any atom is -0.389 e. The third-order valence-electron chi connectivity index (χ3n) is 3.35. The third kappa shape index (κ3) is 7.31. The van der Waals surface area contributed by atoms with Crippen LogP contribution >= 0.6 is 0 Å². The van der Waals surface area contributed by atoms with Crippen LogP contribution < -0.4 is 0 Å². The van der Waals surface area contributed by atoms with Crippen LogP contribution in [0, 0.1) is 10.1 Å². The van der Waals surface area contributed by atoms with Crippen molar-refractivity contribution in [1.82, 2.24) is 0 Å². The van der Waals surface area contributed by atoms with Gasteiger partial charge in [0, 0.05) is 18.3 Å². The summed E-state index contributed by atoms with van der Waals surface area (Å²) in [6.45, 7) is 3.36. The number of aliphatic hydroxyl groups excluding tert-OH is 1. The predicted molar refractivity (Wildman–Crippen MR) is 69.7 cm³/mol. The van der Waals surface area contributed by atoms with Crippen LogP contribution in [0.4, 0.5) is 0 Å². The maximum absolute atomic E-state index is 10.7. The van der Waals surface area contributed by atoms with Crippen molar-refractivity contribution in [1.29, 1.82) is 0 Å². The maximum atomic E-state index is 10.7. The van der Waals surface area contributed by atoms with E-state index in [1.807, 2.05) is 0 Å². The molecule has 0 amide bonds. The van der Waals surface area contributed by atoms with Crippen LogP contribution in [0.1, 0.15) is 71.6 Å². The van der Waals surface area contributed by atoms with Crippen molar-refractivity contribution in [2.75, 3.05) is 6.61 Å². The first-order chi connectivity index (χ1) is 8.06. The number of unbranched alkanes of at least 4 members (excludes halogenated alkanes) is 7. The first kappa shape index (κ1) is 16.4. The molecule has 1 N–H and O–H groups in total. The van der Waals surface area contributed by atoms with Gasteiger partial charge in [0.15, 0.2) is 0 Å². The lowest BCUT2D eigenvalue weighted by Gasteiger charge is -2.17. The Kier molecular flexibility index (Phi) is 9.04. The molecule has 0 saturated carbocycles. The van der Waals surface area contributed by atoms with E-state index in [1.54, 1.807) is 0 Å². The molecule has 0 fully saturated rings. The van der Waals surface area contributed by atoms with Crippen molar-refractivity contribution < 1.29 is 10.0 Å². The van der Waals surface area contributed by atoms with E-state index in [4.69, 9.17) is 5.11 Å². The first-order valence-electron chi connectivity index (χ1n) is 6.82. The molecule has 0 saturated heterocycles. The Hall–Kier alpha value is -0.640. The zero-order chi connectivity index (χ0) is 13.1. The van der Waals surface area contributed by atoms with Gasteiger partial charge in [0.05, 0.1) is 0 Å². The van der Waals surface area contributed by atoms with E-state index in [0.29, 0.717) is 6.42 Å². The van der Waals surface area contributed by atoms with Crippen molar-refractivity contribution in [3.8, 4) is 0 Å². The molecule has 0 rings (SSSR count). The van der Waals surface area contributed by atoms with E-state index in [0.717, 1.165) is 19.3 Å². The largest absolute Gasteiger partial charge is 0.389 e. The Bertz CT molecular complexity index is 209. The fourth-order valence-corrected chi connectivity index (χ4v) is 1.87. The number of nitrogens with zero attached hydrogens (tertiary/aromatic N) is 1. The highest BCUT2D eigenvalue weighted by Gasteiger charge is 2.35. The summed E-state index contributed by atoms with van der Waals surface area (Å²) < 4.78 is 0. The van der Waals surface area contributed by atoms with Gasteiger partial charge >= 0.3 is 0 Å². The lowest BCUT2D eigenvalue weighted by atomic mass is 9.95. The van der Waals surface area contributed by atoms with Crippen LogP contribution in [0.3, 0.4) is 0 Å². The third-order valence-corrected chi connectivity index (χ3v) is 3.35. The Labute approximate surface area is 105 Å². The zero-order valence-corrected chi connectivity index (χ0v) is 11.3. The van der Waals surface area contributed by atoms with Gasteiger partial charge in [0.2, 0.25) is 5.54 Å². The summed E-state index contributed by atoms with van der Waals surface area (Å²) in [6, 6.07) is 0. The molecule has 0 aromatic carbocycles. The second kappa shape index (κ2) is 9.40. The number of hydrogen-bond donors (Lipinski definition) is 1. The average molecular weight is 245 g/mol. The SMILES string of the molecule is CCCCCCCCCCC(C)(CO)[N+](=O)[O-]. The fraction of sp³-hybridized carbons (Fsp3) is 1.00. The topological polar surface area (TPSA) is 63.4 Å². The fourth-order valence-electron chi connectivity index (χ4n) is 1.87. The van der Waals surface area contributed by atoms with Crippen molar-refractivity contribution in [3.63, 3.8) is 0 Å². The van der Waals surface area contributed by atoms with E-state index in [2.05, 4.69) is 6.92 Å². The molecule has 0 aromatic heterocycles. The second-order valence-electron chi connectivity index (χ2n) is 5.14. The van der Waals surface area contributed by atoms with Crippen LogP contribution in [0.25, 0.3) is 0 Å². The molecule has 0 aliphatic heterocycles. The number of nitro groups is 1. The van der Waals surface area contributed by atoms with Crippen molar-refractivity contribution in [2.45, 2.75) is 77.2 Å².